The summed E-state index contributed by atoms with van der Waals surface area (Å²) < 4.78 is 0. The number of carboxylic acids is 1. The van der Waals surface area contributed by atoms with Crippen LogP contribution in [0.15, 0.2) is 5.38 Å². The Hall–Kier alpha value is -0.480. The normalized spacial score (nSPS) is 15.7. The Morgan fingerprint density at radius 3 is 3.17 bits per heavy atom. The number of carboxylic acid groups (broad SMARTS) is 1. The molecule has 2 rings (SSSR count). The molecule has 12 heavy (non-hydrogen) atoms. The molecule has 2 nitrogen and oxygen atoms in total. The van der Waals surface area contributed by atoms with Crippen LogP contribution in [0.5, 0.6) is 0 Å². The van der Waals surface area contributed by atoms with Crippen LogP contribution in [0.1, 0.15) is 20.8 Å². The molecule has 0 spiro atoms. The highest BCUT2D eigenvalue weighted by molar-refractivity contribution is 7.98. The van der Waals surface area contributed by atoms with E-state index in [1.807, 2.05) is 11.8 Å². The Balaban J connectivity index is 2.44. The van der Waals surface area contributed by atoms with E-state index in [1.165, 1.54) is 4.88 Å². The summed E-state index contributed by atoms with van der Waals surface area (Å²) in [7, 11) is 0. The number of fused-ring (bicyclic) bond motifs is 1. The molecule has 2 heterocycles. The number of thioether (sulfide) groups is 1. The zero-order valence-electron chi connectivity index (χ0n) is 6.37. The molecule has 0 atom stereocenters. The fourth-order valence-corrected chi connectivity index (χ4v) is 3.57. The molecule has 0 fully saturated rings. The molecule has 0 saturated carbocycles. The van der Waals surface area contributed by atoms with Crippen molar-refractivity contribution in [2.24, 2.45) is 0 Å². The summed E-state index contributed by atoms with van der Waals surface area (Å²) in [5, 5.41) is 10.6. The minimum atomic E-state index is -0.778. The summed E-state index contributed by atoms with van der Waals surface area (Å²) in [5.74, 6) is 1.27. The molecule has 1 aromatic heterocycles. The Kier molecular flexibility index (Phi) is 2.11. The van der Waals surface area contributed by atoms with Gasteiger partial charge in [-0.25, -0.2) is 4.79 Å². The van der Waals surface area contributed by atoms with Crippen LogP contribution in [-0.4, -0.2) is 16.8 Å². The number of carbonyl (C=O) groups is 1. The van der Waals surface area contributed by atoms with E-state index in [2.05, 4.69) is 0 Å². The van der Waals surface area contributed by atoms with Gasteiger partial charge >= 0.3 is 5.97 Å². The van der Waals surface area contributed by atoms with Gasteiger partial charge in [-0.15, -0.1) is 11.3 Å². The third-order valence-corrected chi connectivity index (χ3v) is 4.14. The monoisotopic (exact) mass is 200 g/mol. The second-order valence-electron chi connectivity index (χ2n) is 2.66. The Bertz CT molecular complexity index is 317. The van der Waals surface area contributed by atoms with E-state index in [0.717, 1.165) is 23.5 Å². The fourth-order valence-electron chi connectivity index (χ4n) is 1.34. The Morgan fingerprint density at radius 1 is 1.58 bits per heavy atom. The Labute approximate surface area is 78.6 Å². The first-order chi connectivity index (χ1) is 5.79. The molecule has 0 saturated heterocycles. The average molecular weight is 200 g/mol. The molecule has 0 aliphatic carbocycles. The number of hydrogen-bond acceptors (Lipinski definition) is 3. The van der Waals surface area contributed by atoms with Crippen LogP contribution >= 0.6 is 23.1 Å². The van der Waals surface area contributed by atoms with Gasteiger partial charge in [-0.2, -0.15) is 11.8 Å². The van der Waals surface area contributed by atoms with Crippen molar-refractivity contribution >= 4 is 29.1 Å². The van der Waals surface area contributed by atoms with Crippen LogP contribution in [0.2, 0.25) is 0 Å². The van der Waals surface area contributed by atoms with Crippen LogP contribution in [0.25, 0.3) is 0 Å². The first-order valence-electron chi connectivity index (χ1n) is 3.69. The predicted molar refractivity (Wildman–Crippen MR) is 51.1 cm³/mol. The summed E-state index contributed by atoms with van der Waals surface area (Å²) in [4.78, 5) is 12.0. The van der Waals surface area contributed by atoms with Crippen molar-refractivity contribution in [3.8, 4) is 0 Å². The van der Waals surface area contributed by atoms with E-state index in [4.69, 9.17) is 5.11 Å². The zero-order chi connectivity index (χ0) is 8.55. The second-order valence-corrected chi connectivity index (χ2v) is 4.73. The number of aromatic carboxylic acids is 1. The van der Waals surface area contributed by atoms with Gasteiger partial charge in [0.1, 0.15) is 0 Å². The van der Waals surface area contributed by atoms with Crippen LogP contribution in [0.4, 0.5) is 0 Å². The smallest absolute Gasteiger partial charge is 0.336 e. The standard InChI is InChI=1S/C8H8O2S2/c9-8(10)6-3-12-7-4-11-2-1-5(6)7/h3H,1-2,4H2,(H,9,10). The largest absolute Gasteiger partial charge is 0.478 e. The third-order valence-electron chi connectivity index (χ3n) is 1.94. The first-order valence-corrected chi connectivity index (χ1v) is 5.73. The molecule has 4 heteroatoms. The first kappa shape index (κ1) is 8.13. The molecule has 1 N–H and O–H groups in total. The van der Waals surface area contributed by atoms with Crippen molar-refractivity contribution in [1.29, 1.82) is 0 Å². The summed E-state index contributed by atoms with van der Waals surface area (Å²) >= 11 is 3.46. The van der Waals surface area contributed by atoms with Gasteiger partial charge in [0, 0.05) is 16.0 Å². The van der Waals surface area contributed by atoms with Crippen LogP contribution in [0, 0.1) is 0 Å². The van der Waals surface area contributed by atoms with E-state index in [9.17, 15) is 4.79 Å². The maximum absolute atomic E-state index is 10.7. The average Bonchev–Trinajstić information content (AvgIpc) is 2.47. The molecule has 0 radical (unpaired) electrons. The Morgan fingerprint density at radius 2 is 2.42 bits per heavy atom. The van der Waals surface area contributed by atoms with Crippen molar-refractivity contribution in [1.82, 2.24) is 0 Å². The van der Waals surface area contributed by atoms with E-state index in [-0.39, 0.29) is 0 Å². The molecular weight excluding hydrogens is 192 g/mol. The van der Waals surface area contributed by atoms with E-state index in [1.54, 1.807) is 16.7 Å². The van der Waals surface area contributed by atoms with E-state index in [0.29, 0.717) is 5.56 Å². The summed E-state index contributed by atoms with van der Waals surface area (Å²) in [6.07, 6.45) is 0.922. The minimum Gasteiger partial charge on any atom is -0.478 e. The zero-order valence-corrected chi connectivity index (χ0v) is 8.00. The van der Waals surface area contributed by atoms with Gasteiger partial charge in [-0.05, 0) is 17.7 Å². The molecule has 0 aromatic carbocycles. The lowest BCUT2D eigenvalue weighted by atomic mass is 10.1. The lowest BCUT2D eigenvalue weighted by Crippen LogP contribution is -2.05. The van der Waals surface area contributed by atoms with Gasteiger partial charge in [0.2, 0.25) is 0 Å². The lowest BCUT2D eigenvalue weighted by Gasteiger charge is -2.10. The van der Waals surface area contributed by atoms with Gasteiger partial charge in [0.15, 0.2) is 0 Å². The van der Waals surface area contributed by atoms with E-state index < -0.39 is 5.97 Å². The minimum absolute atomic E-state index is 0.523. The molecule has 1 aliphatic rings. The van der Waals surface area contributed by atoms with Crippen molar-refractivity contribution < 1.29 is 9.90 Å². The lowest BCUT2D eigenvalue weighted by molar-refractivity contribution is 0.0696. The van der Waals surface area contributed by atoms with Crippen LogP contribution in [-0.2, 0) is 12.2 Å². The highest BCUT2D eigenvalue weighted by Crippen LogP contribution is 2.32. The third kappa shape index (κ3) is 1.25. The molecule has 0 amide bonds. The van der Waals surface area contributed by atoms with Crippen molar-refractivity contribution in [2.45, 2.75) is 12.2 Å². The molecule has 1 aromatic rings. The predicted octanol–water partition coefficient (Wildman–Crippen LogP) is 2.24. The van der Waals surface area contributed by atoms with Gasteiger partial charge in [-0.1, -0.05) is 0 Å². The molecule has 0 bridgehead atoms. The van der Waals surface area contributed by atoms with Gasteiger partial charge in [-0.3, -0.25) is 0 Å². The van der Waals surface area contributed by atoms with Crippen LogP contribution < -0.4 is 0 Å². The fraction of sp³-hybridized carbons (Fsp3) is 0.375. The highest BCUT2D eigenvalue weighted by atomic mass is 32.2. The molecule has 64 valence electrons. The quantitative estimate of drug-likeness (QED) is 0.755. The van der Waals surface area contributed by atoms with Crippen LogP contribution in [0.3, 0.4) is 0 Å². The summed E-state index contributed by atoms with van der Waals surface area (Å²) in [6, 6.07) is 0. The summed E-state index contributed by atoms with van der Waals surface area (Å²) in [5.41, 5.74) is 1.60. The SMILES string of the molecule is O=C(O)c1csc2c1CCSC2. The van der Waals surface area contributed by atoms with Gasteiger partial charge < -0.3 is 5.11 Å². The second kappa shape index (κ2) is 3.11. The molecule has 1 aliphatic heterocycles. The molecular formula is C8H8O2S2. The molecule has 0 unspecified atom stereocenters. The maximum atomic E-state index is 10.7. The number of hydrogen-bond donors (Lipinski definition) is 1. The van der Waals surface area contributed by atoms with Crippen molar-refractivity contribution in [3.63, 3.8) is 0 Å². The summed E-state index contributed by atoms with van der Waals surface area (Å²) in [6.45, 7) is 0. The van der Waals surface area contributed by atoms with Gasteiger partial charge in [0.25, 0.3) is 0 Å². The van der Waals surface area contributed by atoms with E-state index >= 15 is 0 Å². The van der Waals surface area contributed by atoms with Gasteiger partial charge in [0.05, 0.1) is 5.56 Å². The van der Waals surface area contributed by atoms with Crippen molar-refractivity contribution in [3.05, 3.63) is 21.4 Å². The van der Waals surface area contributed by atoms with Crippen molar-refractivity contribution in [2.75, 3.05) is 5.75 Å². The topological polar surface area (TPSA) is 37.3 Å². The number of thiophene rings is 1. The maximum Gasteiger partial charge on any atom is 0.336 e. The number of rotatable bonds is 1. The highest BCUT2D eigenvalue weighted by Gasteiger charge is 2.19.